The molecule has 0 aromatic heterocycles. The molecule has 9 unspecified atom stereocenters. The van der Waals surface area contributed by atoms with Gasteiger partial charge in [0.05, 0.1) is 11.1 Å². The highest BCUT2D eigenvalue weighted by atomic mass is 16.8. The molecule has 0 bridgehead atoms. The largest absolute Gasteiger partial charge is 0.459 e. The molecule has 13 nitrogen and oxygen atoms in total. The molecule has 10 atom stereocenters. The summed E-state index contributed by atoms with van der Waals surface area (Å²) in [6.07, 6.45) is -16.9. The number of aliphatic hydroxyl groups is 6. The van der Waals surface area contributed by atoms with Gasteiger partial charge in [0.15, 0.2) is 12.6 Å². The molecule has 2 fully saturated rings. The highest BCUT2D eigenvalue weighted by Gasteiger charge is 2.50. The van der Waals surface area contributed by atoms with Crippen LogP contribution in [0.4, 0.5) is 0 Å². The van der Waals surface area contributed by atoms with Crippen LogP contribution in [0.1, 0.15) is 65.2 Å². The maximum absolute atomic E-state index is 13.1. The molecule has 260 valence electrons. The Kier molecular flexibility index (Phi) is 11.5. The summed E-state index contributed by atoms with van der Waals surface area (Å²) in [4.78, 5) is 26.1. The molecule has 2 aromatic carbocycles. The lowest BCUT2D eigenvalue weighted by atomic mass is 9.94. The van der Waals surface area contributed by atoms with Crippen LogP contribution in [-0.4, -0.2) is 117 Å². The molecular formula is C34H46O13. The zero-order valence-corrected chi connectivity index (χ0v) is 27.9. The number of aryl methyl sites for hydroxylation is 4. The molecule has 0 amide bonds. The summed E-state index contributed by atoms with van der Waals surface area (Å²) < 4.78 is 27.8. The maximum atomic E-state index is 13.1. The number of hydrogen-bond acceptors (Lipinski definition) is 13. The SMILES string of the molecule is Cc1cc(C)c(C)c(C(=O)OCC2OC(OC3OC(COC(=O)c4c(C)c(C)cc(C)c4C)[C@H](O)C(O)C3O)C(O)C(O)C2O)c1C. The molecule has 2 aromatic rings. The van der Waals surface area contributed by atoms with Crippen LogP contribution in [-0.2, 0) is 23.7 Å². The minimum Gasteiger partial charge on any atom is -0.459 e. The van der Waals surface area contributed by atoms with Crippen LogP contribution >= 0.6 is 0 Å². The second kappa shape index (κ2) is 14.6. The number of benzene rings is 2. The van der Waals surface area contributed by atoms with E-state index in [0.29, 0.717) is 11.1 Å². The lowest BCUT2D eigenvalue weighted by Crippen LogP contribution is -2.64. The summed E-state index contributed by atoms with van der Waals surface area (Å²) in [5, 5.41) is 63.6. The minimum absolute atomic E-state index is 0.363. The fourth-order valence-corrected chi connectivity index (χ4v) is 5.97. The summed E-state index contributed by atoms with van der Waals surface area (Å²) >= 11 is 0. The molecule has 2 saturated heterocycles. The van der Waals surface area contributed by atoms with Gasteiger partial charge in [-0.15, -0.1) is 0 Å². The van der Waals surface area contributed by atoms with Crippen LogP contribution in [0.5, 0.6) is 0 Å². The number of ether oxygens (including phenoxy) is 5. The van der Waals surface area contributed by atoms with Crippen LogP contribution in [0, 0.1) is 55.4 Å². The lowest BCUT2D eigenvalue weighted by molar-refractivity contribution is -0.376. The van der Waals surface area contributed by atoms with E-state index in [9.17, 15) is 40.2 Å². The summed E-state index contributed by atoms with van der Waals surface area (Å²) in [5.41, 5.74) is 7.19. The van der Waals surface area contributed by atoms with Gasteiger partial charge in [0, 0.05) is 0 Å². The number of esters is 2. The van der Waals surface area contributed by atoms with Gasteiger partial charge in [0.2, 0.25) is 0 Å². The molecule has 0 aliphatic carbocycles. The van der Waals surface area contributed by atoms with Crippen molar-refractivity contribution in [3.63, 3.8) is 0 Å². The Labute approximate surface area is 273 Å². The summed E-state index contributed by atoms with van der Waals surface area (Å²) in [5.74, 6) is -1.35. The third-order valence-corrected chi connectivity index (χ3v) is 9.50. The molecule has 2 heterocycles. The van der Waals surface area contributed by atoms with E-state index >= 15 is 0 Å². The zero-order chi connectivity index (χ0) is 35.1. The van der Waals surface area contributed by atoms with Crippen molar-refractivity contribution in [2.24, 2.45) is 0 Å². The van der Waals surface area contributed by atoms with Crippen LogP contribution in [0.3, 0.4) is 0 Å². The molecule has 0 radical (unpaired) electrons. The molecule has 6 N–H and O–H groups in total. The van der Waals surface area contributed by atoms with Gasteiger partial charge in [-0.2, -0.15) is 0 Å². The van der Waals surface area contributed by atoms with Gasteiger partial charge in [0.1, 0.15) is 62.0 Å². The van der Waals surface area contributed by atoms with E-state index in [0.717, 1.165) is 44.5 Å². The number of carbonyl (C=O) groups excluding carboxylic acids is 2. The first kappa shape index (κ1) is 36.8. The predicted octanol–water partition coefficient (Wildman–Crippen LogP) is 0.800. The van der Waals surface area contributed by atoms with Crippen molar-refractivity contribution >= 4 is 11.9 Å². The van der Waals surface area contributed by atoms with Gasteiger partial charge in [-0.25, -0.2) is 9.59 Å². The third kappa shape index (κ3) is 7.38. The smallest absolute Gasteiger partial charge is 0.338 e. The van der Waals surface area contributed by atoms with E-state index in [1.807, 2.05) is 39.8 Å². The van der Waals surface area contributed by atoms with E-state index in [4.69, 9.17) is 23.7 Å². The molecule has 47 heavy (non-hydrogen) atoms. The Balaban J connectivity index is 1.44. The molecule has 2 aliphatic rings. The highest BCUT2D eigenvalue weighted by molar-refractivity contribution is 5.94. The topological polar surface area (TPSA) is 202 Å². The lowest BCUT2D eigenvalue weighted by Gasteiger charge is -2.44. The summed E-state index contributed by atoms with van der Waals surface area (Å²) in [7, 11) is 0. The monoisotopic (exact) mass is 662 g/mol. The first-order valence-corrected chi connectivity index (χ1v) is 15.5. The van der Waals surface area contributed by atoms with Crippen LogP contribution in [0.15, 0.2) is 12.1 Å². The van der Waals surface area contributed by atoms with Crippen molar-refractivity contribution in [2.45, 2.75) is 117 Å². The van der Waals surface area contributed by atoms with E-state index in [1.54, 1.807) is 27.7 Å². The van der Waals surface area contributed by atoms with Gasteiger partial charge in [-0.05, 0) is 99.9 Å². The van der Waals surface area contributed by atoms with Crippen molar-refractivity contribution in [1.82, 2.24) is 0 Å². The normalized spacial score (nSPS) is 31.0. The second-order valence-corrected chi connectivity index (χ2v) is 12.6. The van der Waals surface area contributed by atoms with Gasteiger partial charge < -0.3 is 54.3 Å². The van der Waals surface area contributed by atoms with Gasteiger partial charge in [-0.3, -0.25) is 0 Å². The predicted molar refractivity (Wildman–Crippen MR) is 166 cm³/mol. The van der Waals surface area contributed by atoms with Crippen LogP contribution in [0.2, 0.25) is 0 Å². The Morgan fingerprint density at radius 2 is 0.830 bits per heavy atom. The molecule has 13 heteroatoms. The number of aliphatic hydroxyl groups excluding tert-OH is 6. The van der Waals surface area contributed by atoms with E-state index in [2.05, 4.69) is 0 Å². The molecular weight excluding hydrogens is 616 g/mol. The van der Waals surface area contributed by atoms with Crippen molar-refractivity contribution in [2.75, 3.05) is 13.2 Å². The maximum Gasteiger partial charge on any atom is 0.338 e. The standard InChI is InChI=1S/C34H46O13/c1-13-9-14(2)18(6)23(17(13)5)31(41)43-11-21-25(35)27(37)29(39)33(45-21)47-34-30(40)28(38)26(36)22(46-34)12-44-32(42)24-19(7)15(3)10-16(4)20(24)8/h9-10,21-22,25-30,33-40H,11-12H2,1-8H3/t21?,22?,25-,26?,27?,28?,29?,30?,33?,34?/m0/s1. The van der Waals surface area contributed by atoms with Gasteiger partial charge >= 0.3 is 11.9 Å². The van der Waals surface area contributed by atoms with E-state index < -0.39 is 86.6 Å². The van der Waals surface area contributed by atoms with Crippen molar-refractivity contribution in [3.8, 4) is 0 Å². The summed E-state index contributed by atoms with van der Waals surface area (Å²) in [6, 6.07) is 3.91. The number of carbonyl (C=O) groups is 2. The molecule has 4 rings (SSSR count). The Bertz CT molecular complexity index is 1330. The fraction of sp³-hybridized carbons (Fsp3) is 0.588. The van der Waals surface area contributed by atoms with Gasteiger partial charge in [-0.1, -0.05) is 12.1 Å². The molecule has 2 aliphatic heterocycles. The zero-order valence-electron chi connectivity index (χ0n) is 27.9. The van der Waals surface area contributed by atoms with Crippen molar-refractivity contribution in [1.29, 1.82) is 0 Å². The second-order valence-electron chi connectivity index (χ2n) is 12.6. The van der Waals surface area contributed by atoms with Crippen LogP contribution < -0.4 is 0 Å². The minimum atomic E-state index is -1.85. The Morgan fingerprint density at radius 1 is 0.532 bits per heavy atom. The average molecular weight is 663 g/mol. The van der Waals surface area contributed by atoms with Crippen molar-refractivity contribution < 1.29 is 63.9 Å². The molecule has 0 spiro atoms. The fourth-order valence-electron chi connectivity index (χ4n) is 5.97. The average Bonchev–Trinajstić information content (AvgIpc) is 3.02. The first-order valence-electron chi connectivity index (χ1n) is 15.5. The van der Waals surface area contributed by atoms with E-state index in [-0.39, 0.29) is 0 Å². The van der Waals surface area contributed by atoms with Crippen LogP contribution in [0.25, 0.3) is 0 Å². The van der Waals surface area contributed by atoms with Gasteiger partial charge in [0.25, 0.3) is 0 Å². The van der Waals surface area contributed by atoms with E-state index in [1.165, 1.54) is 0 Å². The number of rotatable bonds is 8. The number of hydrogen-bond donors (Lipinski definition) is 6. The van der Waals surface area contributed by atoms with Crippen molar-refractivity contribution in [3.05, 3.63) is 67.8 Å². The summed E-state index contributed by atoms with van der Waals surface area (Å²) in [6.45, 7) is 13.6. The highest BCUT2D eigenvalue weighted by Crippen LogP contribution is 2.30. The molecule has 0 saturated carbocycles. The first-order chi connectivity index (χ1) is 22.0. The third-order valence-electron chi connectivity index (χ3n) is 9.50. The Hall–Kier alpha value is -2.98. The Morgan fingerprint density at radius 3 is 1.13 bits per heavy atom. The quantitative estimate of drug-likeness (QED) is 0.217.